The Bertz CT molecular complexity index is 871. The minimum Gasteiger partial charge on any atom is -0.452 e. The standard InChI is InChI=1S/C20H26N2O5S/c1-2-5-20(24)27-15-19(23)21-10-12-22(13-11-21)28(25,26)18-9-8-16-6-3-4-7-17(16)14-18/h2,5,8-9,14H,3-4,6-7,10-13,15H2,1H3/b5-2+. The van der Waals surface area contributed by atoms with E-state index in [1.807, 2.05) is 12.1 Å². The molecule has 3 rings (SSSR count). The molecule has 2 aliphatic rings. The van der Waals surface area contributed by atoms with Crippen LogP contribution in [0, 0.1) is 0 Å². The number of ether oxygens (including phenoxy) is 1. The first-order valence-corrected chi connectivity index (χ1v) is 11.0. The number of piperazine rings is 1. The third-order valence-corrected chi connectivity index (χ3v) is 7.08. The number of esters is 1. The van der Waals surface area contributed by atoms with Gasteiger partial charge in [0.1, 0.15) is 0 Å². The normalized spacial score (nSPS) is 18.1. The van der Waals surface area contributed by atoms with Crippen molar-refractivity contribution in [2.24, 2.45) is 0 Å². The molecule has 0 spiro atoms. The van der Waals surface area contributed by atoms with Crippen LogP contribution in [-0.2, 0) is 37.2 Å². The number of allylic oxidation sites excluding steroid dienone is 1. The number of rotatable bonds is 5. The molecule has 7 nitrogen and oxygen atoms in total. The Morgan fingerprint density at radius 3 is 2.43 bits per heavy atom. The zero-order valence-electron chi connectivity index (χ0n) is 16.1. The average molecular weight is 407 g/mol. The Hall–Kier alpha value is -2.19. The van der Waals surface area contributed by atoms with Crippen molar-refractivity contribution >= 4 is 21.9 Å². The zero-order valence-corrected chi connectivity index (χ0v) is 16.9. The van der Waals surface area contributed by atoms with Crippen LogP contribution in [0.2, 0.25) is 0 Å². The summed E-state index contributed by atoms with van der Waals surface area (Å²) in [7, 11) is -3.58. The van der Waals surface area contributed by atoms with E-state index in [4.69, 9.17) is 4.74 Å². The minimum absolute atomic E-state index is 0.230. The highest BCUT2D eigenvalue weighted by atomic mass is 32.2. The Kier molecular flexibility index (Phi) is 6.51. The third-order valence-electron chi connectivity index (χ3n) is 5.19. The van der Waals surface area contributed by atoms with Gasteiger partial charge in [0.15, 0.2) is 6.61 Å². The van der Waals surface area contributed by atoms with Crippen LogP contribution in [-0.4, -0.2) is 62.3 Å². The molecule has 28 heavy (non-hydrogen) atoms. The molecule has 0 unspecified atom stereocenters. The Morgan fingerprint density at radius 1 is 1.07 bits per heavy atom. The fraction of sp³-hybridized carbons (Fsp3) is 0.500. The number of carbonyl (C=O) groups excluding carboxylic acids is 2. The van der Waals surface area contributed by atoms with E-state index < -0.39 is 16.0 Å². The molecule has 1 fully saturated rings. The van der Waals surface area contributed by atoms with Gasteiger partial charge < -0.3 is 9.64 Å². The number of hydrogen-bond acceptors (Lipinski definition) is 5. The summed E-state index contributed by atoms with van der Waals surface area (Å²) >= 11 is 0. The summed E-state index contributed by atoms with van der Waals surface area (Å²) in [5.41, 5.74) is 2.37. The van der Waals surface area contributed by atoms with Crippen LogP contribution >= 0.6 is 0 Å². The van der Waals surface area contributed by atoms with Gasteiger partial charge in [-0.1, -0.05) is 12.1 Å². The number of fused-ring (bicyclic) bond motifs is 1. The fourth-order valence-corrected chi connectivity index (χ4v) is 5.08. The molecule has 1 saturated heterocycles. The maximum absolute atomic E-state index is 13.0. The van der Waals surface area contributed by atoms with Gasteiger partial charge in [0, 0.05) is 32.3 Å². The SMILES string of the molecule is C/C=C/C(=O)OCC(=O)N1CCN(S(=O)(=O)c2ccc3c(c2)CCCC3)CC1. The van der Waals surface area contributed by atoms with Gasteiger partial charge in [-0.2, -0.15) is 4.31 Å². The summed E-state index contributed by atoms with van der Waals surface area (Å²) in [4.78, 5) is 25.3. The van der Waals surface area contributed by atoms with Gasteiger partial charge in [-0.15, -0.1) is 0 Å². The van der Waals surface area contributed by atoms with Crippen molar-refractivity contribution in [3.8, 4) is 0 Å². The van der Waals surface area contributed by atoms with Gasteiger partial charge >= 0.3 is 5.97 Å². The quantitative estimate of drug-likeness (QED) is 0.547. The van der Waals surface area contributed by atoms with Crippen LogP contribution in [0.25, 0.3) is 0 Å². The number of benzene rings is 1. The van der Waals surface area contributed by atoms with E-state index in [1.54, 1.807) is 13.0 Å². The molecule has 0 aromatic heterocycles. The molecule has 0 saturated carbocycles. The lowest BCUT2D eigenvalue weighted by molar-refractivity contribution is -0.148. The van der Waals surface area contributed by atoms with Crippen LogP contribution in [0.4, 0.5) is 0 Å². The van der Waals surface area contributed by atoms with Crippen LogP contribution in [0.3, 0.4) is 0 Å². The summed E-state index contributed by atoms with van der Waals surface area (Å²) in [5, 5.41) is 0. The molecule has 0 bridgehead atoms. The second-order valence-corrected chi connectivity index (χ2v) is 8.97. The first-order valence-electron chi connectivity index (χ1n) is 9.61. The summed E-state index contributed by atoms with van der Waals surface area (Å²) in [6.45, 7) is 2.38. The highest BCUT2D eigenvalue weighted by Crippen LogP contribution is 2.26. The second-order valence-electron chi connectivity index (χ2n) is 7.03. The van der Waals surface area contributed by atoms with E-state index in [9.17, 15) is 18.0 Å². The van der Waals surface area contributed by atoms with Crippen molar-refractivity contribution in [1.82, 2.24) is 9.21 Å². The van der Waals surface area contributed by atoms with Crippen molar-refractivity contribution in [1.29, 1.82) is 0 Å². The molecule has 1 amide bonds. The van der Waals surface area contributed by atoms with Crippen LogP contribution in [0.1, 0.15) is 30.9 Å². The Balaban J connectivity index is 1.59. The topological polar surface area (TPSA) is 84.0 Å². The zero-order chi connectivity index (χ0) is 20.1. The van der Waals surface area contributed by atoms with E-state index in [0.29, 0.717) is 4.90 Å². The molecule has 1 aliphatic heterocycles. The summed E-state index contributed by atoms with van der Waals surface area (Å²) in [5.74, 6) is -0.881. The number of aryl methyl sites for hydroxylation is 2. The number of nitrogens with zero attached hydrogens (tertiary/aromatic N) is 2. The Labute approximate surface area is 166 Å². The minimum atomic E-state index is -3.58. The fourth-order valence-electron chi connectivity index (χ4n) is 3.61. The van der Waals surface area contributed by atoms with Gasteiger partial charge in [-0.25, -0.2) is 13.2 Å². The van der Waals surface area contributed by atoms with E-state index in [-0.39, 0.29) is 38.7 Å². The van der Waals surface area contributed by atoms with Gasteiger partial charge in [0.2, 0.25) is 10.0 Å². The first-order chi connectivity index (χ1) is 13.4. The predicted octanol–water partition coefficient (Wildman–Crippen LogP) is 1.52. The van der Waals surface area contributed by atoms with Crippen LogP contribution in [0.5, 0.6) is 0 Å². The number of carbonyl (C=O) groups is 2. The van der Waals surface area contributed by atoms with Gasteiger partial charge in [0.05, 0.1) is 4.90 Å². The van der Waals surface area contributed by atoms with Crippen molar-refractivity contribution in [2.75, 3.05) is 32.8 Å². The predicted molar refractivity (Wildman–Crippen MR) is 104 cm³/mol. The third kappa shape index (κ3) is 4.62. The maximum Gasteiger partial charge on any atom is 0.330 e. The summed E-state index contributed by atoms with van der Waals surface area (Å²) < 4.78 is 32.3. The van der Waals surface area contributed by atoms with Crippen molar-refractivity contribution in [2.45, 2.75) is 37.5 Å². The number of amides is 1. The van der Waals surface area contributed by atoms with E-state index >= 15 is 0 Å². The largest absolute Gasteiger partial charge is 0.452 e. The molecule has 1 aromatic rings. The molecule has 8 heteroatoms. The average Bonchev–Trinajstić information content (AvgIpc) is 2.72. The summed E-state index contributed by atoms with van der Waals surface area (Å²) in [6, 6.07) is 5.43. The van der Waals surface area contributed by atoms with Crippen LogP contribution in [0.15, 0.2) is 35.2 Å². The highest BCUT2D eigenvalue weighted by Gasteiger charge is 2.30. The Morgan fingerprint density at radius 2 is 1.75 bits per heavy atom. The smallest absolute Gasteiger partial charge is 0.330 e. The van der Waals surface area contributed by atoms with Gasteiger partial charge in [-0.05, 0) is 55.9 Å². The monoisotopic (exact) mass is 406 g/mol. The molecule has 1 aromatic carbocycles. The van der Waals surface area contributed by atoms with E-state index in [2.05, 4.69) is 0 Å². The maximum atomic E-state index is 13.0. The molecular formula is C20H26N2O5S. The van der Waals surface area contributed by atoms with Crippen molar-refractivity contribution in [3.05, 3.63) is 41.5 Å². The molecule has 1 aliphatic carbocycles. The molecule has 152 valence electrons. The van der Waals surface area contributed by atoms with E-state index in [0.717, 1.165) is 31.2 Å². The lowest BCUT2D eigenvalue weighted by atomic mass is 9.92. The summed E-state index contributed by atoms with van der Waals surface area (Å²) in [6.07, 6.45) is 6.96. The van der Waals surface area contributed by atoms with Gasteiger partial charge in [0.25, 0.3) is 5.91 Å². The van der Waals surface area contributed by atoms with Gasteiger partial charge in [-0.3, -0.25) is 4.79 Å². The van der Waals surface area contributed by atoms with Crippen molar-refractivity contribution < 1.29 is 22.7 Å². The highest BCUT2D eigenvalue weighted by molar-refractivity contribution is 7.89. The molecule has 0 N–H and O–H groups in total. The first kappa shape index (κ1) is 20.5. The molecule has 0 atom stereocenters. The lowest BCUT2D eigenvalue weighted by Gasteiger charge is -2.34. The number of hydrogen-bond donors (Lipinski definition) is 0. The molecular weight excluding hydrogens is 380 g/mol. The molecule has 0 radical (unpaired) electrons. The molecule has 1 heterocycles. The van der Waals surface area contributed by atoms with Crippen LogP contribution < -0.4 is 0 Å². The second kappa shape index (κ2) is 8.87. The van der Waals surface area contributed by atoms with E-state index in [1.165, 1.54) is 26.9 Å². The lowest BCUT2D eigenvalue weighted by Crippen LogP contribution is -2.51. The number of sulfonamides is 1. The van der Waals surface area contributed by atoms with Crippen molar-refractivity contribution in [3.63, 3.8) is 0 Å².